The van der Waals surface area contributed by atoms with E-state index in [4.69, 9.17) is 14.2 Å². The van der Waals surface area contributed by atoms with Gasteiger partial charge in [-0.25, -0.2) is 4.79 Å². The van der Waals surface area contributed by atoms with E-state index < -0.39 is 5.97 Å². The van der Waals surface area contributed by atoms with Gasteiger partial charge in [-0.15, -0.1) is 11.8 Å². The molecule has 3 aromatic rings. The second-order valence-electron chi connectivity index (χ2n) is 11.0. The molecule has 0 unspecified atom stereocenters. The Hall–Kier alpha value is -3.09. The molecule has 1 aromatic heterocycles. The Labute approximate surface area is 258 Å². The summed E-state index contributed by atoms with van der Waals surface area (Å²) < 4.78 is 17.2. The van der Waals surface area contributed by atoms with Gasteiger partial charge in [0.1, 0.15) is 0 Å². The second kappa shape index (κ2) is 10.6. The monoisotopic (exact) mass is 670 g/mol. The van der Waals surface area contributed by atoms with Crippen LogP contribution in [-0.2, 0) is 19.1 Å². The fourth-order valence-electron chi connectivity index (χ4n) is 7.57. The second-order valence-corrected chi connectivity index (χ2v) is 14.1. The number of rotatable bonds is 7. The van der Waals surface area contributed by atoms with Crippen molar-refractivity contribution in [2.45, 2.75) is 29.5 Å². The van der Waals surface area contributed by atoms with Crippen molar-refractivity contribution < 1.29 is 28.6 Å². The average Bonchev–Trinajstić information content (AvgIpc) is 3.71. The lowest BCUT2D eigenvalue weighted by molar-refractivity contribution is -0.145. The first-order valence-corrected chi connectivity index (χ1v) is 16.3. The number of hydrogen-bond acceptors (Lipinski definition) is 9. The predicted molar refractivity (Wildman–Crippen MR) is 160 cm³/mol. The molecular formula is C30H27BrN2O7S2. The van der Waals surface area contributed by atoms with Crippen molar-refractivity contribution in [3.63, 3.8) is 0 Å². The number of benzene rings is 2. The Kier molecular flexibility index (Phi) is 6.98. The van der Waals surface area contributed by atoms with Crippen LogP contribution in [-0.4, -0.2) is 48.3 Å². The summed E-state index contributed by atoms with van der Waals surface area (Å²) in [6, 6.07) is 12.9. The summed E-state index contributed by atoms with van der Waals surface area (Å²) >= 11 is 6.28. The summed E-state index contributed by atoms with van der Waals surface area (Å²) in [5.41, 5.74) is 1.54. The topological polar surface area (TPSA) is 115 Å². The molecule has 2 bridgehead atoms. The number of thioether (sulfide) groups is 1. The smallest absolute Gasteiger partial charge is 0.344 e. The van der Waals surface area contributed by atoms with E-state index >= 15 is 0 Å². The standard InChI is InChI=1S/C30H27BrN2O7S2/c1-3-39-20(34)12-40-18-9-4-13(10-19(18)38-2)21-22-16-11-17(25(22)41-27-26(21)42-30(37)32-27)24-23(16)28(35)33(29(24)36)15-7-5-14(31)6-8-15/h4-10,16-17,21-25H,3,11-12H2,1-2H3,(H,32,37)/t16-,17-,21+,22-,23+,24+,25-/m1/s1. The number of fused-ring (bicyclic) bond motifs is 9. The van der Waals surface area contributed by atoms with E-state index in [1.165, 1.54) is 23.3 Å². The molecule has 0 radical (unpaired) electrons. The molecule has 42 heavy (non-hydrogen) atoms. The lowest BCUT2D eigenvalue weighted by atomic mass is 9.68. The minimum atomic E-state index is -0.470. The third-order valence-corrected chi connectivity index (χ3v) is 12.1. The Balaban J connectivity index is 1.25. The average molecular weight is 672 g/mol. The Morgan fingerprint density at radius 1 is 1.05 bits per heavy atom. The van der Waals surface area contributed by atoms with Gasteiger partial charge in [0.15, 0.2) is 18.1 Å². The number of aromatic amines is 1. The highest BCUT2D eigenvalue weighted by molar-refractivity contribution is 9.10. The molecule has 1 saturated heterocycles. The first-order chi connectivity index (χ1) is 20.3. The third-order valence-electron chi connectivity index (χ3n) is 9.01. The zero-order valence-electron chi connectivity index (χ0n) is 22.7. The number of anilines is 1. The highest BCUT2D eigenvalue weighted by atomic mass is 79.9. The van der Waals surface area contributed by atoms with Crippen LogP contribution in [0.1, 0.15) is 29.7 Å². The number of nitrogens with one attached hydrogen (secondary N) is 1. The van der Waals surface area contributed by atoms with Crippen LogP contribution in [0.2, 0.25) is 0 Å². The predicted octanol–water partition coefficient (Wildman–Crippen LogP) is 4.83. The number of ether oxygens (including phenoxy) is 3. The quantitative estimate of drug-likeness (QED) is 0.281. The highest BCUT2D eigenvalue weighted by Crippen LogP contribution is 2.68. The highest BCUT2D eigenvalue weighted by Gasteiger charge is 2.69. The number of thiazole rings is 1. The summed E-state index contributed by atoms with van der Waals surface area (Å²) in [6.07, 6.45) is 0.802. The third kappa shape index (κ3) is 4.24. The summed E-state index contributed by atoms with van der Waals surface area (Å²) in [5.74, 6) is -0.680. The molecule has 2 amide bonds. The molecule has 2 aliphatic heterocycles. The van der Waals surface area contributed by atoms with Crippen LogP contribution < -0.4 is 19.2 Å². The number of H-pyrrole nitrogens is 1. The Bertz CT molecular complexity index is 1650. The zero-order chi connectivity index (χ0) is 29.3. The number of halogens is 1. The maximum Gasteiger partial charge on any atom is 0.344 e. The fraction of sp³-hybridized carbons (Fsp3) is 0.400. The lowest BCUT2D eigenvalue weighted by Gasteiger charge is -2.43. The first kappa shape index (κ1) is 27.7. The van der Waals surface area contributed by atoms with Gasteiger partial charge in [0, 0.05) is 20.5 Å². The van der Waals surface area contributed by atoms with Crippen molar-refractivity contribution in [1.82, 2.24) is 4.98 Å². The lowest BCUT2D eigenvalue weighted by Crippen LogP contribution is -2.42. The number of methoxy groups -OCH3 is 1. The number of carbonyl (C=O) groups excluding carboxylic acids is 3. The number of esters is 1. The molecular weight excluding hydrogens is 644 g/mol. The van der Waals surface area contributed by atoms with Gasteiger partial charge in [-0.1, -0.05) is 33.3 Å². The number of carbonyl (C=O) groups is 3. The fourth-order valence-corrected chi connectivity index (χ4v) is 10.7. The number of aromatic nitrogens is 1. The van der Waals surface area contributed by atoms with Gasteiger partial charge in [0.25, 0.3) is 0 Å². The minimum absolute atomic E-state index is 0.00418. The normalized spacial score (nSPS) is 28.8. The number of hydrogen-bond donors (Lipinski definition) is 1. The molecule has 2 aromatic carbocycles. The molecule has 9 nitrogen and oxygen atoms in total. The van der Waals surface area contributed by atoms with Gasteiger partial charge in [-0.05, 0) is 73.1 Å². The SMILES string of the molecule is CCOC(=O)COc1ccc([C@@H]2c3sc(=O)[nH]c3S[C@@H]3[C@@H]4C[C@@H]([C@@H]5C(=O)N(c6ccc(Br)cc6)C(=O)[C@@H]45)[C@H]23)cc1OC. The molecule has 2 aliphatic carbocycles. The van der Waals surface area contributed by atoms with Crippen LogP contribution >= 0.6 is 39.0 Å². The molecule has 0 spiro atoms. The van der Waals surface area contributed by atoms with E-state index in [1.807, 2.05) is 24.3 Å². The van der Waals surface area contributed by atoms with Gasteiger partial charge in [-0.3, -0.25) is 19.3 Å². The van der Waals surface area contributed by atoms with E-state index in [-0.39, 0.29) is 70.7 Å². The zero-order valence-corrected chi connectivity index (χ0v) is 25.9. The van der Waals surface area contributed by atoms with Crippen LogP contribution in [0.4, 0.5) is 5.69 Å². The summed E-state index contributed by atoms with van der Waals surface area (Å²) in [4.78, 5) is 57.4. The summed E-state index contributed by atoms with van der Waals surface area (Å²) in [5, 5.41) is 0.912. The van der Waals surface area contributed by atoms with E-state index in [2.05, 4.69) is 20.9 Å². The van der Waals surface area contributed by atoms with Gasteiger partial charge in [0.2, 0.25) is 11.8 Å². The van der Waals surface area contributed by atoms with Crippen molar-refractivity contribution in [2.75, 3.05) is 25.2 Å². The Morgan fingerprint density at radius 3 is 2.50 bits per heavy atom. The van der Waals surface area contributed by atoms with Crippen molar-refractivity contribution in [2.24, 2.45) is 29.6 Å². The minimum Gasteiger partial charge on any atom is -0.493 e. The van der Waals surface area contributed by atoms with E-state index in [0.29, 0.717) is 17.2 Å². The molecule has 7 rings (SSSR count). The van der Waals surface area contributed by atoms with Crippen LogP contribution in [0, 0.1) is 29.6 Å². The Morgan fingerprint density at radius 2 is 1.79 bits per heavy atom. The van der Waals surface area contributed by atoms with Crippen molar-refractivity contribution in [1.29, 1.82) is 0 Å². The molecule has 3 fully saturated rings. The van der Waals surface area contributed by atoms with Crippen molar-refractivity contribution in [3.8, 4) is 11.5 Å². The first-order valence-electron chi connectivity index (χ1n) is 13.8. The number of imide groups is 1. The van der Waals surface area contributed by atoms with E-state index in [0.717, 1.165) is 26.4 Å². The van der Waals surface area contributed by atoms with E-state index in [9.17, 15) is 19.2 Å². The number of nitrogens with zero attached hydrogens (tertiary/aromatic N) is 1. The van der Waals surface area contributed by atoms with Crippen LogP contribution in [0.5, 0.6) is 11.5 Å². The molecule has 1 N–H and O–H groups in total. The maximum absolute atomic E-state index is 13.9. The van der Waals surface area contributed by atoms with Crippen molar-refractivity contribution in [3.05, 3.63) is 67.0 Å². The largest absolute Gasteiger partial charge is 0.493 e. The summed E-state index contributed by atoms with van der Waals surface area (Å²) in [7, 11) is 1.54. The maximum atomic E-state index is 13.9. The molecule has 12 heteroatoms. The van der Waals surface area contributed by atoms with Crippen LogP contribution in [0.3, 0.4) is 0 Å². The van der Waals surface area contributed by atoms with Gasteiger partial charge in [0.05, 0.1) is 36.3 Å². The molecule has 4 aliphatic rings. The van der Waals surface area contributed by atoms with Gasteiger partial charge >= 0.3 is 10.8 Å². The molecule has 7 atom stereocenters. The molecule has 218 valence electrons. The van der Waals surface area contributed by atoms with Crippen molar-refractivity contribution >= 4 is 62.5 Å². The van der Waals surface area contributed by atoms with E-state index in [1.54, 1.807) is 36.9 Å². The number of amides is 2. The molecule has 3 heterocycles. The van der Waals surface area contributed by atoms with Gasteiger partial charge in [-0.2, -0.15) is 0 Å². The van der Waals surface area contributed by atoms with Crippen LogP contribution in [0.15, 0.2) is 56.8 Å². The molecule has 2 saturated carbocycles. The summed E-state index contributed by atoms with van der Waals surface area (Å²) in [6.45, 7) is 1.76. The van der Waals surface area contributed by atoms with Gasteiger partial charge < -0.3 is 19.2 Å². The van der Waals surface area contributed by atoms with Crippen LogP contribution in [0.25, 0.3) is 0 Å².